The number of fused-ring (bicyclic) bond motifs is 1. The number of alkyl halides is 3. The average molecular weight is 389 g/mol. The van der Waals surface area contributed by atoms with Gasteiger partial charge in [0.2, 0.25) is 11.8 Å². The van der Waals surface area contributed by atoms with Gasteiger partial charge in [-0.25, -0.2) is 4.98 Å². The molecule has 1 aliphatic heterocycles. The number of hydrogen-bond donors (Lipinski definition) is 1. The van der Waals surface area contributed by atoms with Crippen LogP contribution in [0.5, 0.6) is 0 Å². The molecule has 26 heavy (non-hydrogen) atoms. The van der Waals surface area contributed by atoms with Gasteiger partial charge in [0, 0.05) is 17.8 Å². The number of amides is 2. The smallest absolute Gasteiger partial charge is 0.333 e. The Kier molecular flexibility index (Phi) is 5.55. The lowest BCUT2D eigenvalue weighted by Crippen LogP contribution is -2.36. The Morgan fingerprint density at radius 1 is 1.38 bits per heavy atom. The third-order valence-corrected chi connectivity index (χ3v) is 5.96. The van der Waals surface area contributed by atoms with Crippen LogP contribution in [-0.2, 0) is 22.4 Å². The number of likely N-dealkylation sites (tertiary alicyclic amines) is 1. The minimum atomic E-state index is -4.45. The van der Waals surface area contributed by atoms with Crippen LogP contribution in [0.4, 0.5) is 18.3 Å². The van der Waals surface area contributed by atoms with Crippen molar-refractivity contribution in [2.75, 3.05) is 18.4 Å². The van der Waals surface area contributed by atoms with Gasteiger partial charge in [0.15, 0.2) is 5.13 Å². The highest BCUT2D eigenvalue weighted by Gasteiger charge is 2.40. The summed E-state index contributed by atoms with van der Waals surface area (Å²) in [5, 5.41) is 3.19. The summed E-state index contributed by atoms with van der Waals surface area (Å²) in [6.07, 6.45) is 0.647. The number of carbonyl (C=O) groups excluding carboxylic acids is 2. The van der Waals surface area contributed by atoms with E-state index in [-0.39, 0.29) is 13.0 Å². The molecule has 5 nitrogen and oxygen atoms in total. The van der Waals surface area contributed by atoms with Crippen LogP contribution in [0.2, 0.25) is 0 Å². The maximum atomic E-state index is 12.5. The van der Waals surface area contributed by atoms with Gasteiger partial charge in [-0.05, 0) is 25.2 Å². The molecule has 0 bridgehead atoms. The largest absolute Gasteiger partial charge is 0.406 e. The molecule has 1 aromatic rings. The van der Waals surface area contributed by atoms with Crippen LogP contribution in [0, 0.1) is 11.8 Å². The van der Waals surface area contributed by atoms with E-state index in [0.717, 1.165) is 31.4 Å². The second-order valence-corrected chi connectivity index (χ2v) is 8.15. The topological polar surface area (TPSA) is 62.3 Å². The molecule has 2 aliphatic rings. The van der Waals surface area contributed by atoms with Gasteiger partial charge in [-0.15, -0.1) is 11.3 Å². The van der Waals surface area contributed by atoms with Crippen molar-refractivity contribution in [1.29, 1.82) is 0 Å². The maximum Gasteiger partial charge on any atom is 0.406 e. The Balaban J connectivity index is 1.59. The summed E-state index contributed by atoms with van der Waals surface area (Å²) in [6.45, 7) is 0.659. The number of aromatic nitrogens is 1. The van der Waals surface area contributed by atoms with E-state index in [4.69, 9.17) is 0 Å². The number of aryl methyl sites for hydroxylation is 1. The molecule has 0 radical (unpaired) electrons. The lowest BCUT2D eigenvalue weighted by atomic mass is 9.88. The van der Waals surface area contributed by atoms with Crippen LogP contribution < -0.4 is 5.32 Å². The lowest BCUT2D eigenvalue weighted by molar-refractivity contribution is -0.157. The van der Waals surface area contributed by atoms with Crippen LogP contribution in [0.3, 0.4) is 0 Å². The van der Waals surface area contributed by atoms with Gasteiger partial charge in [0.05, 0.1) is 11.6 Å². The van der Waals surface area contributed by atoms with Gasteiger partial charge in [-0.2, -0.15) is 13.2 Å². The first-order valence-electron chi connectivity index (χ1n) is 8.89. The summed E-state index contributed by atoms with van der Waals surface area (Å²) in [7, 11) is 0. The first kappa shape index (κ1) is 19.1. The molecule has 0 aromatic carbocycles. The lowest BCUT2D eigenvalue weighted by Gasteiger charge is -2.19. The number of carbonyl (C=O) groups is 2. The first-order chi connectivity index (χ1) is 12.2. The summed E-state index contributed by atoms with van der Waals surface area (Å²) in [6, 6.07) is 0. The molecule has 1 saturated heterocycles. The fourth-order valence-electron chi connectivity index (χ4n) is 3.68. The normalized spacial score (nSPS) is 23.2. The standard InChI is InChI=1S/C17H22F3N3O2S/c1-2-3-10-4-5-12-13(6-10)26-16(21-12)22-15(25)11-7-14(24)23(8-11)9-17(18,19)20/h10-11H,2-9H2,1H3,(H,21,22,25)/t10-,11-/m0/s1. The van der Waals surface area contributed by atoms with Crippen LogP contribution in [0.15, 0.2) is 0 Å². The molecule has 1 N–H and O–H groups in total. The van der Waals surface area contributed by atoms with E-state index < -0.39 is 30.5 Å². The predicted molar refractivity (Wildman–Crippen MR) is 91.9 cm³/mol. The van der Waals surface area contributed by atoms with Crippen molar-refractivity contribution >= 4 is 28.3 Å². The van der Waals surface area contributed by atoms with Gasteiger partial charge in [0.1, 0.15) is 6.54 Å². The molecule has 144 valence electrons. The second kappa shape index (κ2) is 7.54. The van der Waals surface area contributed by atoms with Crippen molar-refractivity contribution in [1.82, 2.24) is 9.88 Å². The van der Waals surface area contributed by atoms with Crippen LogP contribution in [0.1, 0.15) is 43.2 Å². The summed E-state index contributed by atoms with van der Waals surface area (Å²) in [5.41, 5.74) is 1.01. The van der Waals surface area contributed by atoms with Crippen molar-refractivity contribution in [3.8, 4) is 0 Å². The minimum Gasteiger partial charge on any atom is -0.333 e. The monoisotopic (exact) mass is 389 g/mol. The van der Waals surface area contributed by atoms with Gasteiger partial charge in [-0.1, -0.05) is 19.8 Å². The fraction of sp³-hybridized carbons (Fsp3) is 0.706. The van der Waals surface area contributed by atoms with E-state index in [0.29, 0.717) is 15.9 Å². The van der Waals surface area contributed by atoms with Crippen LogP contribution in [-0.4, -0.2) is 41.0 Å². The number of halogens is 3. The Morgan fingerprint density at radius 3 is 2.85 bits per heavy atom. The van der Waals surface area contributed by atoms with E-state index in [1.807, 2.05) is 0 Å². The molecular weight excluding hydrogens is 367 g/mol. The number of rotatable bonds is 5. The molecule has 0 saturated carbocycles. The molecule has 0 spiro atoms. The quantitative estimate of drug-likeness (QED) is 0.840. The van der Waals surface area contributed by atoms with Crippen LogP contribution in [0.25, 0.3) is 0 Å². The van der Waals surface area contributed by atoms with Crippen molar-refractivity contribution in [2.24, 2.45) is 11.8 Å². The van der Waals surface area contributed by atoms with Crippen molar-refractivity contribution in [2.45, 2.75) is 51.6 Å². The van der Waals surface area contributed by atoms with Gasteiger partial charge in [0.25, 0.3) is 0 Å². The van der Waals surface area contributed by atoms with Crippen molar-refractivity contribution in [3.05, 3.63) is 10.6 Å². The van der Waals surface area contributed by atoms with E-state index in [2.05, 4.69) is 17.2 Å². The third kappa shape index (κ3) is 4.55. The number of thiazole rings is 1. The first-order valence-corrected chi connectivity index (χ1v) is 9.70. The number of nitrogens with zero attached hydrogens (tertiary/aromatic N) is 2. The maximum absolute atomic E-state index is 12.5. The Bertz CT molecular complexity index is 689. The summed E-state index contributed by atoms with van der Waals surface area (Å²) >= 11 is 1.44. The number of anilines is 1. The number of hydrogen-bond acceptors (Lipinski definition) is 4. The van der Waals surface area contributed by atoms with Gasteiger partial charge >= 0.3 is 6.18 Å². The molecule has 2 amide bonds. The predicted octanol–water partition coefficient (Wildman–Crippen LogP) is 3.40. The summed E-state index contributed by atoms with van der Waals surface area (Å²) < 4.78 is 37.4. The molecule has 2 atom stereocenters. The van der Waals surface area contributed by atoms with E-state index in [9.17, 15) is 22.8 Å². The summed E-state index contributed by atoms with van der Waals surface area (Å²) in [4.78, 5) is 30.4. The molecule has 1 aromatic heterocycles. The highest BCUT2D eigenvalue weighted by molar-refractivity contribution is 7.15. The second-order valence-electron chi connectivity index (χ2n) is 7.07. The molecule has 1 fully saturated rings. The fourth-order valence-corrected chi connectivity index (χ4v) is 4.80. The zero-order chi connectivity index (χ0) is 18.9. The van der Waals surface area contributed by atoms with E-state index in [1.165, 1.54) is 22.6 Å². The zero-order valence-electron chi connectivity index (χ0n) is 14.6. The molecular formula is C17H22F3N3O2S. The Hall–Kier alpha value is -1.64. The number of nitrogens with one attached hydrogen (secondary N) is 1. The molecule has 3 rings (SSSR count). The highest BCUT2D eigenvalue weighted by atomic mass is 32.1. The van der Waals surface area contributed by atoms with Crippen molar-refractivity contribution in [3.63, 3.8) is 0 Å². The molecule has 2 heterocycles. The van der Waals surface area contributed by atoms with Gasteiger partial charge < -0.3 is 10.2 Å². The van der Waals surface area contributed by atoms with E-state index >= 15 is 0 Å². The highest BCUT2D eigenvalue weighted by Crippen LogP contribution is 2.34. The third-order valence-electron chi connectivity index (χ3n) is 4.92. The Labute approximate surface area is 154 Å². The van der Waals surface area contributed by atoms with Gasteiger partial charge in [-0.3, -0.25) is 9.59 Å². The summed E-state index contributed by atoms with van der Waals surface area (Å²) in [5.74, 6) is -1.18. The average Bonchev–Trinajstić information content (AvgIpc) is 3.09. The van der Waals surface area contributed by atoms with Crippen molar-refractivity contribution < 1.29 is 22.8 Å². The minimum absolute atomic E-state index is 0.189. The van der Waals surface area contributed by atoms with E-state index in [1.54, 1.807) is 0 Å². The molecule has 9 heteroatoms. The SMILES string of the molecule is CCC[C@H]1CCc2nc(NC(=O)[C@H]3CC(=O)N(CC(F)(F)F)C3)sc2C1. The Morgan fingerprint density at radius 2 is 2.15 bits per heavy atom. The van der Waals surface area contributed by atoms with Crippen LogP contribution >= 0.6 is 11.3 Å². The molecule has 0 unspecified atom stereocenters. The molecule has 1 aliphatic carbocycles. The zero-order valence-corrected chi connectivity index (χ0v) is 15.4.